The van der Waals surface area contributed by atoms with E-state index in [1.54, 1.807) is 0 Å². The van der Waals surface area contributed by atoms with Gasteiger partial charge >= 0.3 is 11.8 Å². The molecule has 0 radical (unpaired) electrons. The van der Waals surface area contributed by atoms with Crippen molar-refractivity contribution in [3.05, 3.63) is 28.3 Å². The Balaban J connectivity index is 2.90. The maximum atomic E-state index is 11.7. The number of non-ortho nitro benzene ring substituents is 1. The highest BCUT2D eigenvalue weighted by molar-refractivity contribution is 6.39. The van der Waals surface area contributed by atoms with Crippen LogP contribution in [0.5, 0.6) is 5.75 Å². The zero-order chi connectivity index (χ0) is 16.0. The van der Waals surface area contributed by atoms with Crippen LogP contribution in [-0.2, 0) is 9.59 Å². The van der Waals surface area contributed by atoms with E-state index in [1.165, 1.54) is 26.2 Å². The molecule has 3 N–H and O–H groups in total. The quantitative estimate of drug-likeness (QED) is 0.399. The number of rotatable bonds is 5. The Morgan fingerprint density at radius 2 is 2.10 bits per heavy atom. The van der Waals surface area contributed by atoms with E-state index in [-0.39, 0.29) is 23.7 Å². The molecule has 0 unspecified atom stereocenters. The van der Waals surface area contributed by atoms with E-state index in [1.807, 2.05) is 0 Å². The van der Waals surface area contributed by atoms with Crippen molar-refractivity contribution >= 4 is 23.2 Å². The maximum Gasteiger partial charge on any atom is 0.313 e. The minimum atomic E-state index is -1.02. The van der Waals surface area contributed by atoms with Gasteiger partial charge in [-0.3, -0.25) is 19.7 Å². The first-order valence-electron chi connectivity index (χ1n) is 5.94. The summed E-state index contributed by atoms with van der Waals surface area (Å²) in [6.45, 7) is 1.19. The lowest BCUT2D eigenvalue weighted by molar-refractivity contribution is -0.384. The number of methoxy groups -OCH3 is 1. The summed E-state index contributed by atoms with van der Waals surface area (Å²) in [6.07, 6.45) is 0. The van der Waals surface area contributed by atoms with Gasteiger partial charge in [0.25, 0.3) is 5.69 Å². The number of nitrogens with one attached hydrogen (secondary N) is 2. The van der Waals surface area contributed by atoms with Crippen LogP contribution in [0, 0.1) is 10.1 Å². The lowest BCUT2D eigenvalue weighted by Gasteiger charge is -2.12. The molecule has 0 saturated carbocycles. The molecule has 114 valence electrons. The van der Waals surface area contributed by atoms with Gasteiger partial charge in [0, 0.05) is 18.2 Å². The molecule has 0 saturated heterocycles. The van der Waals surface area contributed by atoms with Crippen LogP contribution in [0.2, 0.25) is 0 Å². The number of benzene rings is 1. The van der Waals surface area contributed by atoms with Crippen LogP contribution in [0.4, 0.5) is 11.4 Å². The van der Waals surface area contributed by atoms with Crippen molar-refractivity contribution in [2.75, 3.05) is 19.0 Å². The van der Waals surface area contributed by atoms with Gasteiger partial charge in [-0.25, -0.2) is 0 Å². The molecule has 1 aromatic carbocycles. The molecule has 1 aromatic rings. The SMILES string of the molecule is COc1ccc([N+](=O)[O-])cc1NC(=O)C(=O)N[C@@H](C)CO. The number of hydrogen-bond donors (Lipinski definition) is 3. The van der Waals surface area contributed by atoms with Crippen molar-refractivity contribution in [1.82, 2.24) is 5.32 Å². The number of carbonyl (C=O) groups is 2. The predicted molar refractivity (Wildman–Crippen MR) is 73.0 cm³/mol. The Morgan fingerprint density at radius 1 is 1.43 bits per heavy atom. The highest BCUT2D eigenvalue weighted by Gasteiger charge is 2.19. The summed E-state index contributed by atoms with van der Waals surface area (Å²) in [5.41, 5.74) is -0.251. The van der Waals surface area contributed by atoms with Crippen molar-refractivity contribution in [2.45, 2.75) is 13.0 Å². The Morgan fingerprint density at radius 3 is 2.62 bits per heavy atom. The number of carbonyl (C=O) groups excluding carboxylic acids is 2. The molecule has 0 aliphatic heterocycles. The molecule has 0 spiro atoms. The highest BCUT2D eigenvalue weighted by Crippen LogP contribution is 2.28. The van der Waals surface area contributed by atoms with Gasteiger partial charge in [0.15, 0.2) is 0 Å². The second kappa shape index (κ2) is 7.20. The fourth-order valence-corrected chi connectivity index (χ4v) is 1.42. The normalized spacial score (nSPS) is 11.4. The van der Waals surface area contributed by atoms with Gasteiger partial charge in [0.2, 0.25) is 0 Å². The lowest BCUT2D eigenvalue weighted by Crippen LogP contribution is -2.42. The minimum absolute atomic E-state index is 0.00324. The summed E-state index contributed by atoms with van der Waals surface area (Å²) in [5, 5.41) is 24.0. The Bertz CT molecular complexity index is 560. The number of aliphatic hydroxyl groups is 1. The number of aliphatic hydroxyl groups excluding tert-OH is 1. The standard InChI is InChI=1S/C12H15N3O6/c1-7(6-16)13-11(17)12(18)14-9-5-8(15(19)20)3-4-10(9)21-2/h3-5,7,16H,6H2,1-2H3,(H,13,17)(H,14,18)/t7-/m0/s1. The van der Waals surface area contributed by atoms with Gasteiger partial charge in [-0.2, -0.15) is 0 Å². The second-order valence-corrected chi connectivity index (χ2v) is 4.15. The van der Waals surface area contributed by atoms with Gasteiger partial charge in [-0.15, -0.1) is 0 Å². The molecule has 9 heteroatoms. The third-order valence-corrected chi connectivity index (χ3v) is 2.50. The summed E-state index contributed by atoms with van der Waals surface area (Å²) >= 11 is 0. The molecule has 0 fully saturated rings. The Labute approximate surface area is 120 Å². The van der Waals surface area contributed by atoms with Crippen molar-refractivity contribution in [2.24, 2.45) is 0 Å². The average molecular weight is 297 g/mol. The predicted octanol–water partition coefficient (Wildman–Crippen LogP) is 0.0389. The van der Waals surface area contributed by atoms with E-state index in [2.05, 4.69) is 10.6 Å². The third-order valence-electron chi connectivity index (χ3n) is 2.50. The number of hydrogen-bond acceptors (Lipinski definition) is 6. The van der Waals surface area contributed by atoms with Crippen LogP contribution >= 0.6 is 0 Å². The number of amides is 2. The van der Waals surface area contributed by atoms with E-state index >= 15 is 0 Å². The maximum absolute atomic E-state index is 11.7. The van der Waals surface area contributed by atoms with E-state index in [4.69, 9.17) is 9.84 Å². The van der Waals surface area contributed by atoms with Crippen molar-refractivity contribution in [3.63, 3.8) is 0 Å². The van der Waals surface area contributed by atoms with E-state index in [0.29, 0.717) is 0 Å². The molecule has 9 nitrogen and oxygen atoms in total. The van der Waals surface area contributed by atoms with Crippen LogP contribution in [-0.4, -0.2) is 41.6 Å². The molecule has 1 atom stereocenters. The zero-order valence-electron chi connectivity index (χ0n) is 11.5. The Kier molecular flexibility index (Phi) is 5.61. The van der Waals surface area contributed by atoms with Crippen LogP contribution in [0.25, 0.3) is 0 Å². The van der Waals surface area contributed by atoms with Crippen molar-refractivity contribution in [3.8, 4) is 5.75 Å². The molecule has 0 bridgehead atoms. The van der Waals surface area contributed by atoms with Gasteiger partial charge in [-0.05, 0) is 13.0 Å². The van der Waals surface area contributed by atoms with Crippen LogP contribution < -0.4 is 15.4 Å². The van der Waals surface area contributed by atoms with Gasteiger partial charge in [0.05, 0.1) is 24.3 Å². The van der Waals surface area contributed by atoms with Crippen molar-refractivity contribution < 1.29 is 24.4 Å². The molecule has 21 heavy (non-hydrogen) atoms. The zero-order valence-corrected chi connectivity index (χ0v) is 11.5. The molecule has 0 aromatic heterocycles. The van der Waals surface area contributed by atoms with Crippen LogP contribution in [0.3, 0.4) is 0 Å². The van der Waals surface area contributed by atoms with Crippen molar-refractivity contribution in [1.29, 1.82) is 0 Å². The summed E-state index contributed by atoms with van der Waals surface area (Å²) in [5.74, 6) is -1.81. The van der Waals surface area contributed by atoms with E-state index < -0.39 is 22.8 Å². The van der Waals surface area contributed by atoms with Gasteiger partial charge in [0.1, 0.15) is 5.75 Å². The topological polar surface area (TPSA) is 131 Å². The van der Waals surface area contributed by atoms with E-state index in [0.717, 1.165) is 6.07 Å². The first-order chi connectivity index (χ1) is 9.88. The number of nitrogens with zero attached hydrogens (tertiary/aromatic N) is 1. The molecule has 0 aliphatic rings. The second-order valence-electron chi connectivity index (χ2n) is 4.15. The lowest BCUT2D eigenvalue weighted by atomic mass is 10.2. The fraction of sp³-hybridized carbons (Fsp3) is 0.333. The molecule has 0 aliphatic carbocycles. The van der Waals surface area contributed by atoms with Crippen LogP contribution in [0.15, 0.2) is 18.2 Å². The molecular weight excluding hydrogens is 282 g/mol. The number of ether oxygens (including phenoxy) is 1. The van der Waals surface area contributed by atoms with E-state index in [9.17, 15) is 19.7 Å². The molecule has 1 rings (SSSR count). The highest BCUT2D eigenvalue weighted by atomic mass is 16.6. The van der Waals surface area contributed by atoms with Gasteiger partial charge in [-0.1, -0.05) is 0 Å². The summed E-state index contributed by atoms with van der Waals surface area (Å²) in [6, 6.07) is 3.01. The first-order valence-corrected chi connectivity index (χ1v) is 5.94. The monoisotopic (exact) mass is 297 g/mol. The summed E-state index contributed by atoms with van der Waals surface area (Å²) < 4.78 is 4.95. The first kappa shape index (κ1) is 16.4. The van der Waals surface area contributed by atoms with Gasteiger partial charge < -0.3 is 20.5 Å². The number of nitro groups is 1. The van der Waals surface area contributed by atoms with Crippen LogP contribution in [0.1, 0.15) is 6.92 Å². The minimum Gasteiger partial charge on any atom is -0.495 e. The molecular formula is C12H15N3O6. The number of anilines is 1. The summed E-state index contributed by atoms with van der Waals surface area (Å²) in [7, 11) is 1.32. The largest absolute Gasteiger partial charge is 0.495 e. The smallest absolute Gasteiger partial charge is 0.313 e. The molecule has 2 amide bonds. The number of nitro benzene ring substituents is 1. The fourth-order valence-electron chi connectivity index (χ4n) is 1.42. The molecule has 0 heterocycles. The summed E-state index contributed by atoms with van der Waals surface area (Å²) in [4.78, 5) is 33.3. The third kappa shape index (κ3) is 4.42. The average Bonchev–Trinajstić information content (AvgIpc) is 2.46. The Hall–Kier alpha value is -2.68.